The smallest absolute Gasteiger partial charge is 0.251 e. The van der Waals surface area contributed by atoms with E-state index in [2.05, 4.69) is 26.8 Å². The van der Waals surface area contributed by atoms with Gasteiger partial charge in [-0.2, -0.15) is 20.1 Å². The highest BCUT2D eigenvalue weighted by molar-refractivity contribution is 5.99. The van der Waals surface area contributed by atoms with Crippen LogP contribution < -0.4 is 14.6 Å². The Bertz CT molecular complexity index is 925. The second kappa shape index (κ2) is 6.72. The molecule has 0 unspecified atom stereocenters. The van der Waals surface area contributed by atoms with E-state index in [-0.39, 0.29) is 0 Å². The van der Waals surface area contributed by atoms with Gasteiger partial charge in [-0.05, 0) is 17.5 Å². The zero-order valence-corrected chi connectivity index (χ0v) is 14.8. The first-order chi connectivity index (χ1) is 12.0. The lowest BCUT2D eigenvalue weighted by atomic mass is 10.0. The van der Waals surface area contributed by atoms with E-state index >= 15 is 0 Å². The van der Waals surface area contributed by atoms with Crippen LogP contribution in [0.3, 0.4) is 0 Å². The third kappa shape index (κ3) is 3.08. The number of rotatable bonds is 5. The Kier molecular flexibility index (Phi) is 4.47. The van der Waals surface area contributed by atoms with Gasteiger partial charge >= 0.3 is 0 Å². The summed E-state index contributed by atoms with van der Waals surface area (Å²) in [4.78, 5) is 15.4. The minimum atomic E-state index is 0.434. The highest BCUT2D eigenvalue weighted by Gasteiger charge is 2.15. The van der Waals surface area contributed by atoms with Crippen molar-refractivity contribution in [3.63, 3.8) is 0 Å². The summed E-state index contributed by atoms with van der Waals surface area (Å²) in [5.41, 5.74) is 0.903. The van der Waals surface area contributed by atoms with Crippen molar-refractivity contribution in [2.24, 2.45) is 5.10 Å². The van der Waals surface area contributed by atoms with E-state index in [0.717, 1.165) is 22.1 Å². The zero-order chi connectivity index (χ0) is 18.0. The molecule has 0 amide bonds. The second-order valence-corrected chi connectivity index (χ2v) is 5.68. The van der Waals surface area contributed by atoms with Gasteiger partial charge in [0.05, 0.1) is 7.11 Å². The number of aromatic nitrogens is 3. The fourth-order valence-electron chi connectivity index (χ4n) is 2.53. The Labute approximate surface area is 146 Å². The predicted octanol–water partition coefficient (Wildman–Crippen LogP) is 2.82. The molecule has 0 bridgehead atoms. The maximum absolute atomic E-state index is 5.47. The summed E-state index contributed by atoms with van der Waals surface area (Å²) in [6.07, 6.45) is 0. The maximum Gasteiger partial charge on any atom is 0.251 e. The fraction of sp³-hybridized carbons (Fsp3) is 0.222. The van der Waals surface area contributed by atoms with Gasteiger partial charge in [0.25, 0.3) is 5.95 Å². The van der Waals surface area contributed by atoms with Crippen LogP contribution in [-0.2, 0) is 0 Å². The van der Waals surface area contributed by atoms with Gasteiger partial charge in [-0.15, -0.1) is 0 Å². The topological polar surface area (TPSA) is 66.7 Å². The van der Waals surface area contributed by atoms with Crippen LogP contribution in [0, 0.1) is 0 Å². The SMILES string of the molecule is C=NN(C)c1nc(-c2ccc(OC)c3ccccc23)nc(N(C)C)n1. The van der Waals surface area contributed by atoms with E-state index in [1.807, 2.05) is 55.4 Å². The first-order valence-electron chi connectivity index (χ1n) is 7.75. The van der Waals surface area contributed by atoms with Crippen molar-refractivity contribution in [2.45, 2.75) is 0 Å². The van der Waals surface area contributed by atoms with Crippen molar-refractivity contribution in [3.8, 4) is 17.1 Å². The highest BCUT2D eigenvalue weighted by Crippen LogP contribution is 2.33. The van der Waals surface area contributed by atoms with Crippen LogP contribution in [-0.4, -0.2) is 49.9 Å². The Morgan fingerprint density at radius 2 is 1.60 bits per heavy atom. The molecule has 25 heavy (non-hydrogen) atoms. The molecule has 1 aromatic heterocycles. The number of anilines is 2. The molecule has 7 nitrogen and oxygen atoms in total. The third-order valence-electron chi connectivity index (χ3n) is 3.86. The van der Waals surface area contributed by atoms with Crippen molar-refractivity contribution in [1.29, 1.82) is 0 Å². The van der Waals surface area contributed by atoms with E-state index in [0.29, 0.717) is 17.7 Å². The van der Waals surface area contributed by atoms with E-state index in [1.165, 1.54) is 5.01 Å². The van der Waals surface area contributed by atoms with Crippen LogP contribution in [0.2, 0.25) is 0 Å². The minimum absolute atomic E-state index is 0.434. The van der Waals surface area contributed by atoms with Gasteiger partial charge in [0.15, 0.2) is 5.82 Å². The lowest BCUT2D eigenvalue weighted by Crippen LogP contribution is -2.18. The first kappa shape index (κ1) is 16.6. The van der Waals surface area contributed by atoms with Crippen molar-refractivity contribution in [1.82, 2.24) is 15.0 Å². The number of methoxy groups -OCH3 is 1. The molecular weight excluding hydrogens is 316 g/mol. The zero-order valence-electron chi connectivity index (χ0n) is 14.8. The lowest BCUT2D eigenvalue weighted by Gasteiger charge is -2.17. The quantitative estimate of drug-likeness (QED) is 0.527. The largest absolute Gasteiger partial charge is 0.496 e. The molecule has 0 aliphatic heterocycles. The molecule has 0 saturated carbocycles. The monoisotopic (exact) mass is 336 g/mol. The van der Waals surface area contributed by atoms with Crippen LogP contribution >= 0.6 is 0 Å². The Balaban J connectivity index is 2.27. The highest BCUT2D eigenvalue weighted by atomic mass is 16.5. The van der Waals surface area contributed by atoms with Crippen LogP contribution in [0.5, 0.6) is 5.75 Å². The average molecular weight is 336 g/mol. The van der Waals surface area contributed by atoms with Gasteiger partial charge in [-0.25, -0.2) is 5.01 Å². The van der Waals surface area contributed by atoms with Gasteiger partial charge in [0.1, 0.15) is 5.75 Å². The van der Waals surface area contributed by atoms with Gasteiger partial charge in [0.2, 0.25) is 5.95 Å². The van der Waals surface area contributed by atoms with Crippen molar-refractivity contribution < 1.29 is 4.74 Å². The molecule has 0 spiro atoms. The molecule has 3 aromatic rings. The number of nitrogens with zero attached hydrogens (tertiary/aromatic N) is 6. The average Bonchev–Trinajstić information content (AvgIpc) is 2.65. The van der Waals surface area contributed by atoms with Crippen LogP contribution in [0.1, 0.15) is 0 Å². The summed E-state index contributed by atoms with van der Waals surface area (Å²) in [7, 11) is 7.18. The molecule has 0 N–H and O–H groups in total. The first-order valence-corrected chi connectivity index (χ1v) is 7.75. The van der Waals surface area contributed by atoms with Crippen molar-refractivity contribution in [2.75, 3.05) is 38.2 Å². The van der Waals surface area contributed by atoms with Crippen molar-refractivity contribution in [3.05, 3.63) is 36.4 Å². The molecule has 0 aliphatic carbocycles. The summed E-state index contributed by atoms with van der Waals surface area (Å²) >= 11 is 0. The normalized spacial score (nSPS) is 10.6. The van der Waals surface area contributed by atoms with Crippen LogP contribution in [0.4, 0.5) is 11.9 Å². The molecule has 0 atom stereocenters. The standard InChI is InChI=1S/C18H20N6O/c1-19-24(4)18-21-16(20-17(22-18)23(2)3)14-10-11-15(25-5)13-9-7-6-8-12(13)14/h6-11H,1H2,2-5H3. The van der Waals surface area contributed by atoms with Gasteiger partial charge in [-0.1, -0.05) is 24.3 Å². The van der Waals surface area contributed by atoms with Gasteiger partial charge < -0.3 is 9.64 Å². The number of benzene rings is 2. The molecule has 2 aromatic carbocycles. The van der Waals surface area contributed by atoms with E-state index in [9.17, 15) is 0 Å². The maximum atomic E-state index is 5.47. The van der Waals surface area contributed by atoms with E-state index in [4.69, 9.17) is 4.74 Å². The predicted molar refractivity (Wildman–Crippen MR) is 102 cm³/mol. The van der Waals surface area contributed by atoms with Gasteiger partial charge in [-0.3, -0.25) is 0 Å². The Hall–Kier alpha value is -3.22. The molecular formula is C18H20N6O. The third-order valence-corrected chi connectivity index (χ3v) is 3.86. The van der Waals surface area contributed by atoms with E-state index < -0.39 is 0 Å². The lowest BCUT2D eigenvalue weighted by molar-refractivity contribution is 0.420. The molecule has 0 fully saturated rings. The molecule has 0 radical (unpaired) electrons. The summed E-state index contributed by atoms with van der Waals surface area (Å²) in [6, 6.07) is 11.9. The second-order valence-electron chi connectivity index (χ2n) is 5.68. The molecule has 0 aliphatic rings. The molecule has 128 valence electrons. The Morgan fingerprint density at radius 1 is 0.920 bits per heavy atom. The fourth-order valence-corrected chi connectivity index (χ4v) is 2.53. The summed E-state index contributed by atoms with van der Waals surface area (Å²) in [5.74, 6) is 2.37. The molecule has 1 heterocycles. The number of fused-ring (bicyclic) bond motifs is 1. The summed E-state index contributed by atoms with van der Waals surface area (Å²) in [6.45, 7) is 3.53. The minimum Gasteiger partial charge on any atom is -0.496 e. The molecule has 3 rings (SSSR count). The van der Waals surface area contributed by atoms with Crippen LogP contribution in [0.25, 0.3) is 22.2 Å². The van der Waals surface area contributed by atoms with Crippen molar-refractivity contribution >= 4 is 29.4 Å². The molecule has 0 saturated heterocycles. The summed E-state index contributed by atoms with van der Waals surface area (Å²) < 4.78 is 5.47. The molecule has 7 heteroatoms. The Morgan fingerprint density at radius 3 is 2.24 bits per heavy atom. The number of ether oxygens (including phenoxy) is 1. The number of hydrogen-bond acceptors (Lipinski definition) is 7. The number of hydrogen-bond donors (Lipinski definition) is 0. The van der Waals surface area contributed by atoms with Crippen LogP contribution in [0.15, 0.2) is 41.5 Å². The van der Waals surface area contributed by atoms with Gasteiger partial charge in [0, 0.05) is 38.8 Å². The number of hydrazone groups is 1. The summed E-state index contributed by atoms with van der Waals surface area (Å²) in [5, 5.41) is 7.41. The van der Waals surface area contributed by atoms with E-state index in [1.54, 1.807) is 14.2 Å².